The summed E-state index contributed by atoms with van der Waals surface area (Å²) in [6.07, 6.45) is 0. The number of anilines is 1. The van der Waals surface area contributed by atoms with Crippen molar-refractivity contribution in [3.63, 3.8) is 0 Å². The lowest BCUT2D eigenvalue weighted by atomic mass is 10.4. The molecule has 1 aromatic rings. The molecule has 0 atom stereocenters. The minimum Gasteiger partial charge on any atom is -0.477 e. The number of methoxy groups -OCH3 is 1. The summed E-state index contributed by atoms with van der Waals surface area (Å²) in [6.45, 7) is 1.44. The number of nitrogens with zero attached hydrogens (tertiary/aromatic N) is 1. The highest BCUT2D eigenvalue weighted by Crippen LogP contribution is 2.23. The second-order valence-corrected chi connectivity index (χ2v) is 3.71. The fourth-order valence-electron chi connectivity index (χ4n) is 0.957. The molecule has 1 rings (SSSR count). The van der Waals surface area contributed by atoms with Gasteiger partial charge >= 0.3 is 5.97 Å². The summed E-state index contributed by atoms with van der Waals surface area (Å²) in [5, 5.41) is 11.5. The van der Waals surface area contributed by atoms with E-state index in [0.29, 0.717) is 5.69 Å². The number of carboxylic acid groups (broad SMARTS) is 1. The maximum atomic E-state index is 10.8. The van der Waals surface area contributed by atoms with E-state index in [4.69, 9.17) is 9.84 Å². The van der Waals surface area contributed by atoms with Gasteiger partial charge in [0.2, 0.25) is 5.91 Å². The van der Waals surface area contributed by atoms with Crippen molar-refractivity contribution in [2.45, 2.75) is 13.5 Å². The number of carbonyl (C=O) groups is 2. The monoisotopic (exact) mass is 230 g/mol. The number of nitrogens with one attached hydrogen (secondary N) is 1. The molecule has 15 heavy (non-hydrogen) atoms. The lowest BCUT2D eigenvalue weighted by molar-refractivity contribution is -0.114. The molecule has 0 saturated heterocycles. The van der Waals surface area contributed by atoms with Crippen LogP contribution in [0.25, 0.3) is 0 Å². The number of aromatic carboxylic acids is 1. The predicted octanol–water partition coefficient (Wildman–Crippen LogP) is 0.946. The van der Waals surface area contributed by atoms with Crippen LogP contribution in [0.2, 0.25) is 0 Å². The molecule has 0 aliphatic carbocycles. The number of rotatable bonds is 4. The standard InChI is InChI=1S/C8H10N2O4S/c1-4(11)9-8-10-5(3-14-2)6(15-8)7(12)13/h3H2,1-2H3,(H,12,13)(H,9,10,11). The van der Waals surface area contributed by atoms with Crippen LogP contribution in [-0.4, -0.2) is 29.1 Å². The van der Waals surface area contributed by atoms with E-state index < -0.39 is 5.97 Å². The van der Waals surface area contributed by atoms with Crippen LogP contribution in [0.3, 0.4) is 0 Å². The van der Waals surface area contributed by atoms with Crippen LogP contribution in [0.5, 0.6) is 0 Å². The van der Waals surface area contributed by atoms with E-state index in [-0.39, 0.29) is 22.5 Å². The molecule has 1 amide bonds. The highest BCUT2D eigenvalue weighted by molar-refractivity contribution is 7.17. The zero-order chi connectivity index (χ0) is 11.4. The Morgan fingerprint density at radius 3 is 2.73 bits per heavy atom. The van der Waals surface area contributed by atoms with E-state index in [1.54, 1.807) is 0 Å². The maximum Gasteiger partial charge on any atom is 0.347 e. The van der Waals surface area contributed by atoms with E-state index in [0.717, 1.165) is 11.3 Å². The Labute approximate surface area is 89.9 Å². The van der Waals surface area contributed by atoms with Crippen molar-refractivity contribution in [3.8, 4) is 0 Å². The van der Waals surface area contributed by atoms with Crippen LogP contribution in [-0.2, 0) is 16.1 Å². The third kappa shape index (κ3) is 3.00. The Bertz CT molecular complexity index is 388. The predicted molar refractivity (Wildman–Crippen MR) is 54.1 cm³/mol. The van der Waals surface area contributed by atoms with Crippen molar-refractivity contribution in [2.75, 3.05) is 12.4 Å². The van der Waals surface area contributed by atoms with Crippen molar-refractivity contribution < 1.29 is 19.4 Å². The fraction of sp³-hybridized carbons (Fsp3) is 0.375. The molecule has 1 heterocycles. The van der Waals surface area contributed by atoms with Gasteiger partial charge in [-0.2, -0.15) is 0 Å². The van der Waals surface area contributed by atoms with E-state index in [1.807, 2.05) is 0 Å². The Balaban J connectivity index is 2.97. The minimum atomic E-state index is -1.07. The summed E-state index contributed by atoms with van der Waals surface area (Å²) in [6, 6.07) is 0. The van der Waals surface area contributed by atoms with Crippen LogP contribution in [0.15, 0.2) is 0 Å². The first-order valence-corrected chi connectivity index (χ1v) is 4.85. The summed E-state index contributed by atoms with van der Waals surface area (Å²) in [4.78, 5) is 25.6. The lowest BCUT2D eigenvalue weighted by Gasteiger charge is -1.94. The minimum absolute atomic E-state index is 0.0839. The van der Waals surface area contributed by atoms with Crippen molar-refractivity contribution in [1.29, 1.82) is 0 Å². The molecular weight excluding hydrogens is 220 g/mol. The van der Waals surface area contributed by atoms with Gasteiger partial charge in [-0.15, -0.1) is 0 Å². The van der Waals surface area contributed by atoms with Crippen LogP contribution >= 0.6 is 11.3 Å². The number of thiazole rings is 1. The smallest absolute Gasteiger partial charge is 0.347 e. The number of carbonyl (C=O) groups excluding carboxylic acids is 1. The van der Waals surface area contributed by atoms with E-state index in [9.17, 15) is 9.59 Å². The van der Waals surface area contributed by atoms with Gasteiger partial charge < -0.3 is 15.2 Å². The lowest BCUT2D eigenvalue weighted by Crippen LogP contribution is -2.05. The normalized spacial score (nSPS) is 10.0. The van der Waals surface area contributed by atoms with Gasteiger partial charge in [0, 0.05) is 14.0 Å². The van der Waals surface area contributed by atoms with Crippen LogP contribution in [0, 0.1) is 0 Å². The second kappa shape index (κ2) is 4.85. The first-order chi connectivity index (χ1) is 7.04. The van der Waals surface area contributed by atoms with E-state index in [1.165, 1.54) is 14.0 Å². The molecule has 6 nitrogen and oxygen atoms in total. The number of aromatic nitrogens is 1. The number of hydrogen-bond donors (Lipinski definition) is 2. The molecule has 0 fully saturated rings. The van der Waals surface area contributed by atoms with Crippen molar-refractivity contribution in [3.05, 3.63) is 10.6 Å². The van der Waals surface area contributed by atoms with Gasteiger partial charge in [0.15, 0.2) is 5.13 Å². The van der Waals surface area contributed by atoms with Crippen LogP contribution in [0.1, 0.15) is 22.3 Å². The fourth-order valence-corrected chi connectivity index (χ4v) is 1.81. The largest absolute Gasteiger partial charge is 0.477 e. The molecule has 0 aliphatic rings. The van der Waals surface area contributed by atoms with Gasteiger partial charge in [-0.1, -0.05) is 11.3 Å². The molecular formula is C8H10N2O4S. The molecule has 0 aromatic carbocycles. The highest BCUT2D eigenvalue weighted by atomic mass is 32.1. The van der Waals surface area contributed by atoms with Gasteiger partial charge in [0.05, 0.1) is 12.3 Å². The SMILES string of the molecule is COCc1nc(NC(C)=O)sc1C(=O)O. The first kappa shape index (κ1) is 11.6. The summed E-state index contributed by atoms with van der Waals surface area (Å²) in [7, 11) is 1.45. The Morgan fingerprint density at radius 1 is 1.60 bits per heavy atom. The molecule has 0 aliphatic heterocycles. The summed E-state index contributed by atoms with van der Waals surface area (Å²) in [5.41, 5.74) is 0.318. The van der Waals surface area contributed by atoms with E-state index in [2.05, 4.69) is 10.3 Å². The Hall–Kier alpha value is -1.47. The number of hydrogen-bond acceptors (Lipinski definition) is 5. The summed E-state index contributed by atoms with van der Waals surface area (Å²) in [5.74, 6) is -1.36. The van der Waals surface area contributed by atoms with E-state index >= 15 is 0 Å². The molecule has 7 heteroatoms. The molecule has 82 valence electrons. The number of ether oxygens (including phenoxy) is 1. The van der Waals surface area contributed by atoms with Gasteiger partial charge in [-0.05, 0) is 0 Å². The van der Waals surface area contributed by atoms with Crippen molar-refractivity contribution in [1.82, 2.24) is 4.98 Å². The molecule has 2 N–H and O–H groups in total. The second-order valence-electron chi connectivity index (χ2n) is 2.71. The van der Waals surface area contributed by atoms with Gasteiger partial charge in [0.25, 0.3) is 0 Å². The number of carboxylic acids is 1. The zero-order valence-corrected chi connectivity index (χ0v) is 9.05. The topological polar surface area (TPSA) is 88.5 Å². The molecule has 0 radical (unpaired) electrons. The molecule has 0 bridgehead atoms. The molecule has 1 aromatic heterocycles. The van der Waals surface area contributed by atoms with Crippen LogP contribution < -0.4 is 5.32 Å². The molecule has 0 unspecified atom stereocenters. The quantitative estimate of drug-likeness (QED) is 0.803. The average Bonchev–Trinajstić information content (AvgIpc) is 2.47. The third-order valence-electron chi connectivity index (χ3n) is 1.46. The molecule has 0 saturated carbocycles. The van der Waals surface area contributed by atoms with Crippen LogP contribution in [0.4, 0.5) is 5.13 Å². The number of amides is 1. The van der Waals surface area contributed by atoms with Crippen molar-refractivity contribution >= 4 is 28.3 Å². The summed E-state index contributed by atoms with van der Waals surface area (Å²) >= 11 is 0.913. The first-order valence-electron chi connectivity index (χ1n) is 4.04. The van der Waals surface area contributed by atoms with Gasteiger partial charge in [-0.3, -0.25) is 4.79 Å². The zero-order valence-electron chi connectivity index (χ0n) is 8.23. The highest BCUT2D eigenvalue weighted by Gasteiger charge is 2.17. The third-order valence-corrected chi connectivity index (χ3v) is 2.46. The van der Waals surface area contributed by atoms with Gasteiger partial charge in [-0.25, -0.2) is 9.78 Å². The van der Waals surface area contributed by atoms with Crippen molar-refractivity contribution in [2.24, 2.45) is 0 Å². The molecule has 0 spiro atoms. The maximum absolute atomic E-state index is 10.8. The summed E-state index contributed by atoms with van der Waals surface area (Å²) < 4.78 is 4.81. The average molecular weight is 230 g/mol. The van der Waals surface area contributed by atoms with Gasteiger partial charge in [0.1, 0.15) is 4.88 Å². The Kier molecular flexibility index (Phi) is 3.75. The Morgan fingerprint density at radius 2 is 2.27 bits per heavy atom.